The van der Waals surface area contributed by atoms with E-state index < -0.39 is 5.82 Å². The van der Waals surface area contributed by atoms with Crippen LogP contribution in [0.1, 0.15) is 41.0 Å². The van der Waals surface area contributed by atoms with Gasteiger partial charge in [-0.15, -0.1) is 10.2 Å². The van der Waals surface area contributed by atoms with Gasteiger partial charge in [0.1, 0.15) is 10.0 Å². The van der Waals surface area contributed by atoms with Crippen LogP contribution < -0.4 is 9.64 Å². The molecule has 3 heterocycles. The molecule has 1 aromatic carbocycles. The molecular formula is C25H28Cl2FN5O2S. The molecule has 7 nitrogen and oxygen atoms in total. The quantitative estimate of drug-likeness (QED) is 0.237. The van der Waals surface area contributed by atoms with Crippen molar-refractivity contribution in [3.8, 4) is 26.9 Å². The largest absolute Gasteiger partial charge is 0.490 e. The maximum absolute atomic E-state index is 14.9. The molecule has 2 aromatic heterocycles. The first-order valence-electron chi connectivity index (χ1n) is 11.6. The lowest BCUT2D eigenvalue weighted by molar-refractivity contribution is -0.0140. The molecule has 3 aromatic rings. The fourth-order valence-corrected chi connectivity index (χ4v) is 5.70. The van der Waals surface area contributed by atoms with Crippen LogP contribution in [0, 0.1) is 17.1 Å². The van der Waals surface area contributed by atoms with Crippen molar-refractivity contribution in [2.24, 2.45) is 5.92 Å². The molecule has 2 unspecified atom stereocenters. The molecule has 2 atom stereocenters. The highest BCUT2D eigenvalue weighted by atomic mass is 35.5. The van der Waals surface area contributed by atoms with Crippen LogP contribution in [-0.4, -0.2) is 45.9 Å². The van der Waals surface area contributed by atoms with E-state index in [9.17, 15) is 4.39 Å². The predicted octanol–water partition coefficient (Wildman–Crippen LogP) is 7.12. The van der Waals surface area contributed by atoms with Gasteiger partial charge in [-0.05, 0) is 53.2 Å². The van der Waals surface area contributed by atoms with Gasteiger partial charge in [0.2, 0.25) is 0 Å². The molecule has 0 saturated carbocycles. The topological polar surface area (TPSA) is 84.2 Å². The van der Waals surface area contributed by atoms with Gasteiger partial charge in [0, 0.05) is 35.3 Å². The van der Waals surface area contributed by atoms with Gasteiger partial charge in [-0.25, -0.2) is 9.37 Å². The van der Waals surface area contributed by atoms with Gasteiger partial charge in [0.25, 0.3) is 0 Å². The van der Waals surface area contributed by atoms with E-state index in [0.717, 1.165) is 6.42 Å². The molecule has 1 aliphatic rings. The molecule has 192 valence electrons. The van der Waals surface area contributed by atoms with Gasteiger partial charge in [0.15, 0.2) is 17.4 Å². The van der Waals surface area contributed by atoms with Crippen molar-refractivity contribution >= 4 is 46.7 Å². The second-order valence-electron chi connectivity index (χ2n) is 9.69. The molecule has 0 bridgehead atoms. The summed E-state index contributed by atoms with van der Waals surface area (Å²) in [7, 11) is 0. The minimum absolute atomic E-state index is 0.0252. The fraction of sp³-hybridized carbons (Fsp3) is 0.440. The number of pyridine rings is 1. The highest BCUT2D eigenvalue weighted by molar-refractivity contribution is 7.18. The molecule has 0 amide bonds. The Morgan fingerprint density at radius 3 is 2.58 bits per heavy atom. The predicted molar refractivity (Wildman–Crippen MR) is 143 cm³/mol. The summed E-state index contributed by atoms with van der Waals surface area (Å²) >= 11 is 14.2. The van der Waals surface area contributed by atoms with Crippen LogP contribution in [0.15, 0.2) is 24.4 Å². The van der Waals surface area contributed by atoms with Gasteiger partial charge in [-0.3, -0.25) is 5.41 Å². The summed E-state index contributed by atoms with van der Waals surface area (Å²) < 4.78 is 26.6. The Kier molecular flexibility index (Phi) is 7.85. The Labute approximate surface area is 224 Å². The zero-order valence-electron chi connectivity index (χ0n) is 20.7. The van der Waals surface area contributed by atoms with Gasteiger partial charge < -0.3 is 14.4 Å². The second-order valence-corrected chi connectivity index (χ2v) is 11.5. The number of nitrogens with zero attached hydrogens (tertiary/aromatic N) is 4. The molecule has 1 N–H and O–H groups in total. The third-order valence-electron chi connectivity index (χ3n) is 6.06. The SMILES string of the molecule is CC1OC(C)(C)CC1COc1cc(Cl)c(-c2nnc(-c3cnc(N(C=N)C(C)C)c(Cl)c3)s2)cc1F. The molecule has 1 aliphatic heterocycles. The molecule has 11 heteroatoms. The van der Waals surface area contributed by atoms with Gasteiger partial charge in [-0.1, -0.05) is 34.5 Å². The minimum atomic E-state index is -0.522. The van der Waals surface area contributed by atoms with Crippen molar-refractivity contribution in [2.45, 2.75) is 58.8 Å². The molecule has 4 rings (SSSR count). The first-order valence-corrected chi connectivity index (χ1v) is 13.1. The summed E-state index contributed by atoms with van der Waals surface area (Å²) in [6, 6.07) is 4.54. The van der Waals surface area contributed by atoms with Crippen molar-refractivity contribution in [3.63, 3.8) is 0 Å². The third kappa shape index (κ3) is 5.64. The molecular weight excluding hydrogens is 524 g/mol. The smallest absolute Gasteiger partial charge is 0.165 e. The molecule has 0 aliphatic carbocycles. The zero-order valence-corrected chi connectivity index (χ0v) is 23.0. The van der Waals surface area contributed by atoms with E-state index >= 15 is 0 Å². The lowest BCUT2D eigenvalue weighted by Crippen LogP contribution is -2.29. The maximum Gasteiger partial charge on any atom is 0.165 e. The first-order chi connectivity index (χ1) is 17.0. The van der Waals surface area contributed by atoms with E-state index in [1.807, 2.05) is 34.6 Å². The van der Waals surface area contributed by atoms with Gasteiger partial charge in [0.05, 0.1) is 34.7 Å². The van der Waals surface area contributed by atoms with Crippen LogP contribution in [0.25, 0.3) is 21.1 Å². The van der Waals surface area contributed by atoms with Crippen LogP contribution in [0.5, 0.6) is 5.75 Å². The molecule has 36 heavy (non-hydrogen) atoms. The monoisotopic (exact) mass is 551 g/mol. The molecule has 1 saturated heterocycles. The van der Waals surface area contributed by atoms with E-state index in [4.69, 9.17) is 38.1 Å². The number of anilines is 1. The minimum Gasteiger partial charge on any atom is -0.490 e. The van der Waals surface area contributed by atoms with E-state index in [1.54, 1.807) is 17.2 Å². The van der Waals surface area contributed by atoms with Crippen LogP contribution in [0.2, 0.25) is 10.0 Å². The Balaban J connectivity index is 1.52. The van der Waals surface area contributed by atoms with E-state index in [0.29, 0.717) is 43.6 Å². The fourth-order valence-electron chi connectivity index (χ4n) is 4.28. The number of benzene rings is 1. The molecule has 1 fully saturated rings. The summed E-state index contributed by atoms with van der Waals surface area (Å²) in [6.07, 6.45) is 3.69. The number of halogens is 3. The Hall–Kier alpha value is -2.33. The number of nitrogens with one attached hydrogen (secondary N) is 1. The number of aromatic nitrogens is 3. The third-order valence-corrected chi connectivity index (χ3v) is 7.66. The highest BCUT2D eigenvalue weighted by Crippen LogP contribution is 2.39. The maximum atomic E-state index is 14.9. The Morgan fingerprint density at radius 1 is 1.25 bits per heavy atom. The highest BCUT2D eigenvalue weighted by Gasteiger charge is 2.38. The van der Waals surface area contributed by atoms with Crippen LogP contribution in [-0.2, 0) is 4.74 Å². The summed E-state index contributed by atoms with van der Waals surface area (Å²) in [4.78, 5) is 6.07. The van der Waals surface area contributed by atoms with E-state index in [1.165, 1.54) is 29.8 Å². The van der Waals surface area contributed by atoms with Crippen molar-refractivity contribution in [1.82, 2.24) is 15.2 Å². The lowest BCUT2D eigenvalue weighted by atomic mass is 9.95. The number of hydrogen-bond acceptors (Lipinski definition) is 7. The van der Waals surface area contributed by atoms with Crippen molar-refractivity contribution in [1.29, 1.82) is 5.41 Å². The van der Waals surface area contributed by atoms with Crippen LogP contribution in [0.3, 0.4) is 0 Å². The van der Waals surface area contributed by atoms with Crippen molar-refractivity contribution in [2.75, 3.05) is 11.5 Å². The average Bonchev–Trinajstić information content (AvgIpc) is 3.39. The Morgan fingerprint density at radius 2 is 1.97 bits per heavy atom. The van der Waals surface area contributed by atoms with Gasteiger partial charge in [-0.2, -0.15) is 0 Å². The Bertz CT molecular complexity index is 1270. The van der Waals surface area contributed by atoms with Crippen molar-refractivity contribution < 1.29 is 13.9 Å². The first kappa shape index (κ1) is 26.7. The lowest BCUT2D eigenvalue weighted by Gasteiger charge is -2.23. The second kappa shape index (κ2) is 10.6. The summed E-state index contributed by atoms with van der Waals surface area (Å²) in [6.45, 7) is 10.3. The average molecular weight is 553 g/mol. The van der Waals surface area contributed by atoms with Crippen LogP contribution >= 0.6 is 34.5 Å². The normalized spacial score (nSPS) is 19.0. The summed E-state index contributed by atoms with van der Waals surface area (Å²) in [5, 5.41) is 17.8. The molecule has 0 spiro atoms. The number of hydrogen-bond donors (Lipinski definition) is 1. The van der Waals surface area contributed by atoms with E-state index in [2.05, 4.69) is 15.2 Å². The standard InChI is InChI=1S/C25H28Cl2FN5O2S/c1-13(2)33(12-29)22-19(27)6-15(10-30-22)23-31-32-24(36-23)17-7-20(28)21(8-18(17)26)34-11-16-9-25(4,5)35-14(16)3/h6-8,10,12-14,16,29H,9,11H2,1-5H3. The summed E-state index contributed by atoms with van der Waals surface area (Å²) in [5.74, 6) is 0.226. The zero-order chi connectivity index (χ0) is 26.2. The molecule has 0 radical (unpaired) electrons. The van der Waals surface area contributed by atoms with Crippen molar-refractivity contribution in [3.05, 3.63) is 40.3 Å². The summed E-state index contributed by atoms with van der Waals surface area (Å²) in [5.41, 5.74) is 0.875. The van der Waals surface area contributed by atoms with E-state index in [-0.39, 0.29) is 29.4 Å². The van der Waals surface area contributed by atoms with Gasteiger partial charge >= 0.3 is 0 Å². The number of ether oxygens (including phenoxy) is 2. The van der Waals surface area contributed by atoms with Crippen LogP contribution in [0.4, 0.5) is 10.2 Å². The number of rotatable bonds is 8.